The topological polar surface area (TPSA) is 24.9 Å². The molecule has 2 heterocycles. The van der Waals surface area contributed by atoms with Gasteiger partial charge in [-0.15, -0.1) is 0 Å². The van der Waals surface area contributed by atoms with Gasteiger partial charge in [0.1, 0.15) is 0 Å². The van der Waals surface area contributed by atoms with E-state index in [4.69, 9.17) is 9.47 Å². The van der Waals surface area contributed by atoms with Crippen LogP contribution in [0.1, 0.15) is 0 Å². The molecule has 0 aliphatic carbocycles. The summed E-state index contributed by atoms with van der Waals surface area (Å²) in [6, 6.07) is 110. The van der Waals surface area contributed by atoms with Crippen LogP contribution in [0.4, 0.5) is 34.1 Å². The molecule has 86 heavy (non-hydrogen) atoms. The van der Waals surface area contributed by atoms with Crippen molar-refractivity contribution in [2.75, 3.05) is 9.80 Å². The summed E-state index contributed by atoms with van der Waals surface area (Å²) in [7, 11) is 0. The van der Waals surface area contributed by atoms with Gasteiger partial charge < -0.3 is 19.3 Å². The standard InChI is InChI=1S/C82H50N2O2/c1-4-20-51(21-5-1)69-46-57-38-44-74-82(71(57)50-70(69)52-22-6-2-7-23-52)85-77-45-39-55(47-76(77)83(74)58-40-41-64-62-30-13-12-28-60(62)61-29-14-15-31-63(61)72(64)49-58)56-37-42-73-78(48-56)86-81-59-27-11-10-24-53(59)36-43-75(81)84(73)80-67-34-18-16-32-65(67)79(54-25-8-3-9-26-54)66-33-17-19-35-68(66)80/h1-50H. The molecule has 2 aliphatic rings. The van der Waals surface area contributed by atoms with Crippen LogP contribution >= 0.6 is 0 Å². The van der Waals surface area contributed by atoms with Crippen molar-refractivity contribution in [3.05, 3.63) is 303 Å². The third-order valence-electron chi connectivity index (χ3n) is 17.9. The van der Waals surface area contributed by atoms with E-state index in [1.807, 2.05) is 0 Å². The SMILES string of the molecule is c1ccc(-c2cc3ccc4c(c3cc2-c2ccccc2)Oc2ccc(-c3ccc5c(c3)Oc3c(ccc6ccccc36)N5c3c5ccccc5c(-c5ccccc5)c5ccccc35)cc2N4c2ccc3c4ccccc4c4ccccc4c3c2)cc1. The van der Waals surface area contributed by atoms with Gasteiger partial charge in [0.25, 0.3) is 0 Å². The Bertz CT molecular complexity index is 5390. The Balaban J connectivity index is 0.845. The highest BCUT2D eigenvalue weighted by Crippen LogP contribution is 2.59. The molecule has 0 aromatic heterocycles. The fourth-order valence-corrected chi connectivity index (χ4v) is 14.1. The highest BCUT2D eigenvalue weighted by atomic mass is 16.5. The van der Waals surface area contributed by atoms with Crippen LogP contribution in [-0.2, 0) is 0 Å². The van der Waals surface area contributed by atoms with Gasteiger partial charge in [0, 0.05) is 27.2 Å². The number of nitrogens with zero attached hydrogens (tertiary/aromatic N) is 2. The largest absolute Gasteiger partial charge is 0.452 e. The summed E-state index contributed by atoms with van der Waals surface area (Å²) in [4.78, 5) is 4.87. The van der Waals surface area contributed by atoms with Crippen LogP contribution in [0.25, 0.3) is 120 Å². The average molecular weight is 1100 g/mol. The molecule has 0 N–H and O–H groups in total. The second-order valence-corrected chi connectivity index (χ2v) is 22.6. The molecule has 0 fully saturated rings. The minimum atomic E-state index is 0.768. The maximum absolute atomic E-state index is 7.35. The summed E-state index contributed by atoms with van der Waals surface area (Å²) >= 11 is 0. The molecule has 400 valence electrons. The molecule has 0 radical (unpaired) electrons. The Morgan fingerprint density at radius 2 is 0.686 bits per heavy atom. The lowest BCUT2D eigenvalue weighted by Gasteiger charge is -2.36. The number of benzene rings is 16. The van der Waals surface area contributed by atoms with Crippen LogP contribution in [0.3, 0.4) is 0 Å². The number of hydrogen-bond acceptors (Lipinski definition) is 4. The number of fused-ring (bicyclic) bond motifs is 16. The van der Waals surface area contributed by atoms with E-state index in [2.05, 4.69) is 313 Å². The summed E-state index contributed by atoms with van der Waals surface area (Å²) < 4.78 is 14.7. The lowest BCUT2D eigenvalue weighted by atomic mass is 9.89. The molecule has 2 aliphatic heterocycles. The molecule has 16 aromatic rings. The van der Waals surface area contributed by atoms with Crippen LogP contribution < -0.4 is 19.3 Å². The molecule has 0 spiro atoms. The van der Waals surface area contributed by atoms with Crippen molar-refractivity contribution in [2.45, 2.75) is 0 Å². The molecular weight excluding hydrogens is 1040 g/mol. The van der Waals surface area contributed by atoms with E-state index in [-0.39, 0.29) is 0 Å². The zero-order chi connectivity index (χ0) is 56.4. The van der Waals surface area contributed by atoms with Crippen LogP contribution in [0.2, 0.25) is 0 Å². The zero-order valence-corrected chi connectivity index (χ0v) is 46.6. The summed E-state index contributed by atoms with van der Waals surface area (Å²) in [5, 5.41) is 16.4. The second kappa shape index (κ2) is 19.0. The van der Waals surface area contributed by atoms with E-state index < -0.39 is 0 Å². The fourth-order valence-electron chi connectivity index (χ4n) is 14.1. The Morgan fingerprint density at radius 1 is 0.221 bits per heavy atom. The van der Waals surface area contributed by atoms with E-state index in [1.54, 1.807) is 0 Å². The van der Waals surface area contributed by atoms with E-state index in [0.29, 0.717) is 0 Å². The number of rotatable bonds is 6. The molecule has 0 atom stereocenters. The number of ether oxygens (including phenoxy) is 2. The first kappa shape index (κ1) is 48.1. The van der Waals surface area contributed by atoms with E-state index in [9.17, 15) is 0 Å². The molecule has 0 saturated heterocycles. The van der Waals surface area contributed by atoms with Gasteiger partial charge in [-0.1, -0.05) is 243 Å². The van der Waals surface area contributed by atoms with Gasteiger partial charge in [0.05, 0.1) is 28.4 Å². The number of anilines is 6. The molecule has 4 heteroatoms. The molecule has 0 amide bonds. The first-order valence-electron chi connectivity index (χ1n) is 29.5. The molecule has 16 aromatic carbocycles. The van der Waals surface area contributed by atoms with Crippen molar-refractivity contribution >= 4 is 110 Å². The van der Waals surface area contributed by atoms with Crippen LogP contribution in [0.15, 0.2) is 303 Å². The van der Waals surface area contributed by atoms with Crippen molar-refractivity contribution < 1.29 is 9.47 Å². The van der Waals surface area contributed by atoms with E-state index >= 15 is 0 Å². The monoisotopic (exact) mass is 1090 g/mol. The number of hydrogen-bond donors (Lipinski definition) is 0. The Hall–Kier alpha value is -11.5. The van der Waals surface area contributed by atoms with Gasteiger partial charge in [-0.2, -0.15) is 0 Å². The molecule has 0 bridgehead atoms. The van der Waals surface area contributed by atoms with Gasteiger partial charge in [0.15, 0.2) is 23.0 Å². The third kappa shape index (κ3) is 7.36. The molecular formula is C82H50N2O2. The van der Waals surface area contributed by atoms with Crippen LogP contribution in [0.5, 0.6) is 23.0 Å². The minimum Gasteiger partial charge on any atom is -0.452 e. The van der Waals surface area contributed by atoms with E-state index in [0.717, 1.165) is 112 Å². The van der Waals surface area contributed by atoms with Gasteiger partial charge in [-0.3, -0.25) is 0 Å². The molecule has 0 saturated carbocycles. The lowest BCUT2D eigenvalue weighted by Crippen LogP contribution is -2.17. The zero-order valence-electron chi connectivity index (χ0n) is 46.6. The van der Waals surface area contributed by atoms with Gasteiger partial charge in [0.2, 0.25) is 0 Å². The van der Waals surface area contributed by atoms with Crippen molar-refractivity contribution in [1.82, 2.24) is 0 Å². The Kier molecular flexibility index (Phi) is 10.7. The van der Waals surface area contributed by atoms with Gasteiger partial charge >= 0.3 is 0 Å². The van der Waals surface area contributed by atoms with Crippen LogP contribution in [-0.4, -0.2) is 0 Å². The Morgan fingerprint density at radius 3 is 1.34 bits per heavy atom. The predicted octanol–water partition coefficient (Wildman–Crippen LogP) is 23.6. The van der Waals surface area contributed by atoms with Gasteiger partial charge in [-0.25, -0.2) is 0 Å². The van der Waals surface area contributed by atoms with Crippen LogP contribution in [0, 0.1) is 0 Å². The summed E-state index contributed by atoms with van der Waals surface area (Å²) in [5.74, 6) is 3.17. The highest BCUT2D eigenvalue weighted by molar-refractivity contribution is 6.26. The van der Waals surface area contributed by atoms with Crippen molar-refractivity contribution in [3.8, 4) is 67.5 Å². The lowest BCUT2D eigenvalue weighted by molar-refractivity contribution is 0.482. The minimum absolute atomic E-state index is 0.768. The average Bonchev–Trinajstić information content (AvgIpc) is 1.01. The predicted molar refractivity (Wildman–Crippen MR) is 360 cm³/mol. The fraction of sp³-hybridized carbons (Fsp3) is 0. The Labute approximate surface area is 496 Å². The quantitative estimate of drug-likeness (QED) is 0.122. The smallest absolute Gasteiger partial charge is 0.159 e. The highest BCUT2D eigenvalue weighted by Gasteiger charge is 2.33. The summed E-state index contributed by atoms with van der Waals surface area (Å²) in [6.07, 6.45) is 0. The first-order valence-corrected chi connectivity index (χ1v) is 29.5. The van der Waals surface area contributed by atoms with Crippen molar-refractivity contribution in [3.63, 3.8) is 0 Å². The van der Waals surface area contributed by atoms with E-state index in [1.165, 1.54) is 65.3 Å². The van der Waals surface area contributed by atoms with Crippen molar-refractivity contribution in [1.29, 1.82) is 0 Å². The molecule has 0 unspecified atom stereocenters. The maximum Gasteiger partial charge on any atom is 0.159 e. The van der Waals surface area contributed by atoms with Gasteiger partial charge in [-0.05, 0) is 159 Å². The summed E-state index contributed by atoms with van der Waals surface area (Å²) in [5.41, 5.74) is 15.1. The first-order chi connectivity index (χ1) is 42.7. The summed E-state index contributed by atoms with van der Waals surface area (Å²) in [6.45, 7) is 0. The second-order valence-electron chi connectivity index (χ2n) is 22.6. The molecule has 4 nitrogen and oxygen atoms in total. The maximum atomic E-state index is 7.35. The molecule has 18 rings (SSSR count). The van der Waals surface area contributed by atoms with Crippen molar-refractivity contribution in [2.24, 2.45) is 0 Å². The normalized spacial score (nSPS) is 12.6. The third-order valence-corrected chi connectivity index (χ3v) is 17.9.